The summed E-state index contributed by atoms with van der Waals surface area (Å²) in [6.07, 6.45) is 1.87. The van der Waals surface area contributed by atoms with Gasteiger partial charge in [0.15, 0.2) is 0 Å². The fraction of sp³-hybridized carbons (Fsp3) is 0.250. The smallest absolute Gasteiger partial charge is 0.0385 e. The number of hydrogen-bond donors (Lipinski definition) is 0. The van der Waals surface area contributed by atoms with Crippen LogP contribution in [0.3, 0.4) is 0 Å². The Morgan fingerprint density at radius 3 is 2.17 bits per heavy atom. The first kappa shape index (κ1) is 3.93. The Bertz CT molecular complexity index is 162. The van der Waals surface area contributed by atoms with Gasteiger partial charge in [-0.15, -0.1) is 0 Å². The lowest BCUT2D eigenvalue weighted by Gasteiger charge is -2.05. The summed E-state index contributed by atoms with van der Waals surface area (Å²) in [5, 5.41) is 1.66. The van der Waals surface area contributed by atoms with Gasteiger partial charge in [0.1, 0.15) is 0 Å². The molecule has 0 saturated carbocycles. The van der Waals surface area contributed by atoms with Crippen LogP contribution in [-0.4, -0.2) is 15.8 Å². The third-order valence-electron chi connectivity index (χ3n) is 0.723. The zero-order valence-corrected chi connectivity index (χ0v) is 4.20. The highest BCUT2D eigenvalue weighted by Gasteiger charge is 2.01. The van der Waals surface area contributed by atoms with Crippen LogP contribution in [0.15, 0.2) is 11.5 Å². The van der Waals surface area contributed by atoms with E-state index in [1.807, 2.05) is 6.08 Å². The van der Waals surface area contributed by atoms with Crippen LogP contribution < -0.4 is 0 Å². The van der Waals surface area contributed by atoms with E-state index in [0.717, 1.165) is 0 Å². The van der Waals surface area contributed by atoms with Crippen molar-refractivity contribution in [2.75, 3.05) is 5.75 Å². The molecule has 0 N–H and O–H groups in total. The summed E-state index contributed by atoms with van der Waals surface area (Å²) in [6, 6.07) is 0. The van der Waals surface area contributed by atoms with Gasteiger partial charge in [-0.1, -0.05) is 6.08 Å². The molecule has 0 amide bonds. The molecule has 1 aliphatic heterocycles. The van der Waals surface area contributed by atoms with Gasteiger partial charge >= 0.3 is 0 Å². The predicted octanol–water partition coefficient (Wildman–Crippen LogP) is 0.230. The molecule has 1 atom stereocenters. The molecule has 6 heavy (non-hydrogen) atoms. The zero-order valence-electron chi connectivity index (χ0n) is 3.39. The predicted molar refractivity (Wildman–Crippen MR) is 29.3 cm³/mol. The Morgan fingerprint density at radius 2 is 2.17 bits per heavy atom. The van der Waals surface area contributed by atoms with Crippen molar-refractivity contribution in [3.8, 4) is 0 Å². The first-order valence-electron chi connectivity index (χ1n) is 1.72. The van der Waals surface area contributed by atoms with Crippen LogP contribution in [0.1, 0.15) is 0 Å². The van der Waals surface area contributed by atoms with Gasteiger partial charge in [0, 0.05) is 5.75 Å². The van der Waals surface area contributed by atoms with Crippen molar-refractivity contribution >= 4 is 15.4 Å². The van der Waals surface area contributed by atoms with Gasteiger partial charge in [-0.2, -0.15) is 0 Å². The third-order valence-corrected chi connectivity index (χ3v) is 2.17. The summed E-state index contributed by atoms with van der Waals surface area (Å²) in [7, 11) is -1.66. The van der Waals surface area contributed by atoms with Gasteiger partial charge in [-0.25, -0.2) is 0 Å². The molecule has 0 aromatic carbocycles. The maximum atomic E-state index is 10.4. The Hall–Kier alpha value is -0.240. The van der Waals surface area contributed by atoms with E-state index in [1.165, 1.54) is 0 Å². The minimum absolute atomic E-state index is 0.688. The lowest BCUT2D eigenvalue weighted by Crippen LogP contribution is -2.06. The van der Waals surface area contributed by atoms with Crippen LogP contribution in [0.2, 0.25) is 0 Å². The molecule has 0 aromatic rings. The molecule has 2 heteroatoms. The highest BCUT2D eigenvalue weighted by Crippen LogP contribution is 2.02. The second-order valence-electron chi connectivity index (χ2n) is 1.41. The Labute approximate surface area is 37.7 Å². The van der Waals surface area contributed by atoms with Gasteiger partial charge < -0.3 is 0 Å². The SMILES string of the molecule is C=S1(=O)C=CC1. The first-order chi connectivity index (χ1) is 2.71. The van der Waals surface area contributed by atoms with E-state index in [-0.39, 0.29) is 0 Å². The van der Waals surface area contributed by atoms with E-state index >= 15 is 0 Å². The average Bonchev–Trinajstić information content (AvgIpc) is 1.32. The van der Waals surface area contributed by atoms with E-state index in [4.69, 9.17) is 0 Å². The Kier molecular flexibility index (Phi) is 0.575. The van der Waals surface area contributed by atoms with Crippen LogP contribution >= 0.6 is 0 Å². The van der Waals surface area contributed by atoms with Crippen molar-refractivity contribution in [2.24, 2.45) is 0 Å². The van der Waals surface area contributed by atoms with Crippen molar-refractivity contribution in [2.45, 2.75) is 0 Å². The van der Waals surface area contributed by atoms with Gasteiger partial charge in [0.05, 0.1) is 0 Å². The monoisotopic (exact) mass is 102 g/mol. The minimum atomic E-state index is -1.66. The first-order valence-corrected chi connectivity index (χ1v) is 3.68. The van der Waals surface area contributed by atoms with Crippen LogP contribution in [0.4, 0.5) is 0 Å². The minimum Gasteiger partial charge on any atom is -0.263 e. The van der Waals surface area contributed by atoms with E-state index < -0.39 is 9.52 Å². The third kappa shape index (κ3) is 0.476. The molecule has 0 aromatic heterocycles. The molecule has 1 nitrogen and oxygen atoms in total. The summed E-state index contributed by atoms with van der Waals surface area (Å²) >= 11 is 0. The average molecular weight is 102 g/mol. The van der Waals surface area contributed by atoms with Crippen molar-refractivity contribution in [1.29, 1.82) is 0 Å². The second kappa shape index (κ2) is 0.877. The Morgan fingerprint density at radius 1 is 1.83 bits per heavy atom. The maximum Gasteiger partial charge on any atom is 0.0385 e. The summed E-state index contributed by atoms with van der Waals surface area (Å²) in [6.45, 7) is 0. The zero-order chi connectivity index (χ0) is 4.62. The van der Waals surface area contributed by atoms with Gasteiger partial charge in [0.2, 0.25) is 0 Å². The molecular formula is C4H6OS. The molecule has 0 aliphatic carbocycles. The number of hydrogen-bond acceptors (Lipinski definition) is 1. The van der Waals surface area contributed by atoms with Gasteiger partial charge in [-0.05, 0) is 20.8 Å². The molecule has 0 fully saturated rings. The fourth-order valence-electron chi connectivity index (χ4n) is 0.311. The molecule has 0 spiro atoms. The molecule has 1 aliphatic rings. The van der Waals surface area contributed by atoms with Crippen LogP contribution in [0.25, 0.3) is 0 Å². The summed E-state index contributed by atoms with van der Waals surface area (Å²) in [5.41, 5.74) is 0. The maximum absolute atomic E-state index is 10.4. The highest BCUT2D eigenvalue weighted by atomic mass is 32.2. The topological polar surface area (TPSA) is 17.1 Å². The summed E-state index contributed by atoms with van der Waals surface area (Å²) < 4.78 is 10.4. The van der Waals surface area contributed by atoms with Crippen molar-refractivity contribution in [3.05, 3.63) is 11.5 Å². The standard InChI is InChI=1S/C4H6OS/c1-6(5)3-2-4-6/h2-3H,1,4H2. The van der Waals surface area contributed by atoms with E-state index in [2.05, 4.69) is 5.87 Å². The summed E-state index contributed by atoms with van der Waals surface area (Å²) in [5.74, 6) is 4.10. The molecule has 0 radical (unpaired) electrons. The Balaban J connectivity index is 3.15. The lowest BCUT2D eigenvalue weighted by atomic mass is 10.7. The largest absolute Gasteiger partial charge is 0.263 e. The van der Waals surface area contributed by atoms with E-state index in [1.54, 1.807) is 5.41 Å². The number of rotatable bonds is 0. The molecule has 1 heterocycles. The van der Waals surface area contributed by atoms with Crippen LogP contribution in [0.5, 0.6) is 0 Å². The highest BCUT2D eigenvalue weighted by molar-refractivity contribution is 8.04. The normalized spacial score (nSPS) is 42.0. The fourth-order valence-corrected chi connectivity index (χ4v) is 0.933. The molecule has 1 rings (SSSR count). The van der Waals surface area contributed by atoms with Gasteiger partial charge in [-0.3, -0.25) is 4.21 Å². The van der Waals surface area contributed by atoms with Crippen molar-refractivity contribution in [3.63, 3.8) is 0 Å². The molecule has 0 saturated heterocycles. The second-order valence-corrected chi connectivity index (χ2v) is 3.75. The van der Waals surface area contributed by atoms with Crippen molar-refractivity contribution in [1.82, 2.24) is 0 Å². The quantitative estimate of drug-likeness (QED) is 0.400. The lowest BCUT2D eigenvalue weighted by molar-refractivity contribution is 0.686. The van der Waals surface area contributed by atoms with Crippen LogP contribution in [0, 0.1) is 0 Å². The molecule has 0 bridgehead atoms. The van der Waals surface area contributed by atoms with E-state index in [0.29, 0.717) is 5.75 Å². The molecule has 1 unspecified atom stereocenters. The van der Waals surface area contributed by atoms with E-state index in [9.17, 15) is 4.21 Å². The molecule has 34 valence electrons. The van der Waals surface area contributed by atoms with Gasteiger partial charge in [0.25, 0.3) is 0 Å². The van der Waals surface area contributed by atoms with Crippen molar-refractivity contribution < 1.29 is 4.21 Å². The molecular weight excluding hydrogens is 96.1 g/mol. The summed E-state index contributed by atoms with van der Waals surface area (Å²) in [4.78, 5) is 0. The van der Waals surface area contributed by atoms with Crippen LogP contribution in [-0.2, 0) is 9.52 Å².